The number of methoxy groups -OCH3 is 2. The first kappa shape index (κ1) is 35.1. The normalized spacial score (nSPS) is 12.5. The zero-order valence-electron chi connectivity index (χ0n) is 24.9. The van der Waals surface area contributed by atoms with Crippen LogP contribution in [0.1, 0.15) is 64.7 Å². The Morgan fingerprint density at radius 3 is 1.90 bits per heavy atom. The smallest absolute Gasteiger partial charge is 0.295 e. The summed E-state index contributed by atoms with van der Waals surface area (Å²) in [5.41, 5.74) is 1.08. The molecule has 1 aliphatic rings. The summed E-state index contributed by atoms with van der Waals surface area (Å²) in [5, 5.41) is 0.437. The fourth-order valence-electron chi connectivity index (χ4n) is 3.49. The average Bonchev–Trinajstić information content (AvgIpc) is 3.42. The molecule has 1 saturated heterocycles. The Labute approximate surface area is 233 Å². The predicted octanol–water partition coefficient (Wildman–Crippen LogP) is 5.59. The molecule has 3 heterocycles. The number of amides is 2. The summed E-state index contributed by atoms with van der Waals surface area (Å²) >= 11 is 0. The quantitative estimate of drug-likeness (QED) is 0.212. The van der Waals surface area contributed by atoms with Gasteiger partial charge < -0.3 is 24.3 Å². The molecule has 2 aromatic heterocycles. The van der Waals surface area contributed by atoms with Crippen molar-refractivity contribution in [3.63, 3.8) is 0 Å². The molecule has 0 aliphatic carbocycles. The second-order valence-corrected chi connectivity index (χ2v) is 8.18. The summed E-state index contributed by atoms with van der Waals surface area (Å²) in [6.45, 7) is 20.9. The standard InChI is InChI=1S/C22H24N4O5.2C3H8.C2H6/c1-5-7-14(6-2)21(28)25-8-10-26(11-9-25)22(29)19(27)15-12-23-18-17(15)16(30-3)13-24-20(18)31-4;2*1-3-2;1-2/h5-7,12-13,23H,1-2,8-11H2,3-4H3;2*3H2,1-2H3;1-2H3/b14-7+;;;. The second-order valence-electron chi connectivity index (χ2n) is 8.18. The van der Waals surface area contributed by atoms with Crippen LogP contribution in [0, 0.1) is 0 Å². The molecule has 2 amide bonds. The van der Waals surface area contributed by atoms with Crippen LogP contribution in [0.3, 0.4) is 0 Å². The lowest BCUT2D eigenvalue weighted by Crippen LogP contribution is -2.52. The van der Waals surface area contributed by atoms with Crippen molar-refractivity contribution in [1.29, 1.82) is 0 Å². The summed E-state index contributed by atoms with van der Waals surface area (Å²) in [5.74, 6) is -0.851. The molecule has 0 saturated carbocycles. The van der Waals surface area contributed by atoms with E-state index < -0.39 is 11.7 Å². The van der Waals surface area contributed by atoms with Gasteiger partial charge in [0.2, 0.25) is 5.88 Å². The molecule has 216 valence electrons. The van der Waals surface area contributed by atoms with Gasteiger partial charge in [0.25, 0.3) is 17.6 Å². The largest absolute Gasteiger partial charge is 0.494 e. The van der Waals surface area contributed by atoms with Crippen LogP contribution in [-0.2, 0) is 9.59 Å². The van der Waals surface area contributed by atoms with E-state index in [2.05, 4.69) is 50.8 Å². The molecule has 1 aliphatic heterocycles. The van der Waals surface area contributed by atoms with E-state index in [0.717, 1.165) is 0 Å². The minimum atomic E-state index is -0.670. The van der Waals surface area contributed by atoms with Gasteiger partial charge >= 0.3 is 0 Å². The molecule has 0 spiro atoms. The van der Waals surface area contributed by atoms with E-state index in [0.29, 0.717) is 41.2 Å². The van der Waals surface area contributed by atoms with Gasteiger partial charge in [-0.3, -0.25) is 14.4 Å². The number of pyridine rings is 1. The molecule has 9 heteroatoms. The number of carbonyl (C=O) groups excluding carboxylic acids is 3. The van der Waals surface area contributed by atoms with E-state index in [4.69, 9.17) is 9.47 Å². The van der Waals surface area contributed by atoms with Gasteiger partial charge in [-0.25, -0.2) is 4.98 Å². The van der Waals surface area contributed by atoms with Crippen molar-refractivity contribution in [3.05, 3.63) is 54.9 Å². The molecule has 9 nitrogen and oxygen atoms in total. The highest BCUT2D eigenvalue weighted by Gasteiger charge is 2.31. The van der Waals surface area contributed by atoms with Crippen LogP contribution in [0.15, 0.2) is 49.4 Å². The molecule has 1 fully saturated rings. The number of carbonyl (C=O) groups is 3. The van der Waals surface area contributed by atoms with Crippen molar-refractivity contribution in [3.8, 4) is 11.6 Å². The summed E-state index contributed by atoms with van der Waals surface area (Å²) in [6, 6.07) is 0. The first-order valence-corrected chi connectivity index (χ1v) is 13.5. The number of H-pyrrole nitrogens is 1. The van der Waals surface area contributed by atoms with E-state index in [9.17, 15) is 14.4 Å². The highest BCUT2D eigenvalue weighted by atomic mass is 16.5. The average molecular weight is 543 g/mol. The summed E-state index contributed by atoms with van der Waals surface area (Å²) in [4.78, 5) is 48.5. The van der Waals surface area contributed by atoms with Crippen LogP contribution in [0.25, 0.3) is 10.9 Å². The van der Waals surface area contributed by atoms with Crippen LogP contribution in [0.4, 0.5) is 0 Å². The van der Waals surface area contributed by atoms with Gasteiger partial charge in [-0.05, 0) is 0 Å². The van der Waals surface area contributed by atoms with Gasteiger partial charge in [-0.1, -0.05) is 85.8 Å². The summed E-state index contributed by atoms with van der Waals surface area (Å²) in [7, 11) is 2.92. The Hall–Kier alpha value is -3.88. The van der Waals surface area contributed by atoms with Gasteiger partial charge in [0.1, 0.15) is 11.3 Å². The third-order valence-electron chi connectivity index (χ3n) is 5.11. The number of hydrogen-bond donors (Lipinski definition) is 1. The molecule has 0 atom stereocenters. The lowest BCUT2D eigenvalue weighted by atomic mass is 10.1. The Morgan fingerprint density at radius 2 is 1.46 bits per heavy atom. The van der Waals surface area contributed by atoms with E-state index in [1.54, 1.807) is 11.0 Å². The number of ketones is 1. The highest BCUT2D eigenvalue weighted by Crippen LogP contribution is 2.33. The topological polar surface area (TPSA) is 105 Å². The third kappa shape index (κ3) is 9.42. The summed E-state index contributed by atoms with van der Waals surface area (Å²) in [6.07, 6.45) is 9.97. The number of hydrogen-bond acceptors (Lipinski definition) is 6. The Balaban J connectivity index is 0.00000162. The van der Waals surface area contributed by atoms with Gasteiger partial charge in [0.15, 0.2) is 0 Å². The van der Waals surface area contributed by atoms with Crippen molar-refractivity contribution >= 4 is 28.5 Å². The highest BCUT2D eigenvalue weighted by molar-refractivity contribution is 6.45. The minimum absolute atomic E-state index is 0.180. The number of rotatable bonds is 7. The Bertz CT molecular complexity index is 1110. The number of ether oxygens (including phenoxy) is 2. The number of fused-ring (bicyclic) bond motifs is 1. The van der Waals surface area contributed by atoms with Crippen LogP contribution < -0.4 is 9.47 Å². The zero-order valence-corrected chi connectivity index (χ0v) is 24.9. The minimum Gasteiger partial charge on any atom is -0.494 e. The van der Waals surface area contributed by atoms with Crippen molar-refractivity contribution < 1.29 is 23.9 Å². The van der Waals surface area contributed by atoms with Crippen molar-refractivity contribution in [2.24, 2.45) is 0 Å². The first-order valence-electron chi connectivity index (χ1n) is 13.5. The van der Waals surface area contributed by atoms with Crippen LogP contribution in [-0.4, -0.2) is 77.8 Å². The molecular formula is C30H46N4O5. The molecule has 3 rings (SSSR count). The maximum absolute atomic E-state index is 13.0. The number of nitrogens with one attached hydrogen (secondary N) is 1. The predicted molar refractivity (Wildman–Crippen MR) is 158 cm³/mol. The maximum atomic E-state index is 13.0. The van der Waals surface area contributed by atoms with Crippen LogP contribution >= 0.6 is 0 Å². The third-order valence-corrected chi connectivity index (χ3v) is 5.11. The van der Waals surface area contributed by atoms with Gasteiger partial charge in [0, 0.05) is 37.9 Å². The zero-order chi connectivity index (χ0) is 30.0. The maximum Gasteiger partial charge on any atom is 0.295 e. The Kier molecular flexibility index (Phi) is 17.3. The van der Waals surface area contributed by atoms with Gasteiger partial charge in [-0.2, -0.15) is 0 Å². The molecule has 1 N–H and O–H groups in total. The summed E-state index contributed by atoms with van der Waals surface area (Å²) < 4.78 is 10.5. The number of aromatic nitrogens is 2. The molecule has 0 bridgehead atoms. The molecule has 39 heavy (non-hydrogen) atoms. The van der Waals surface area contributed by atoms with Crippen LogP contribution in [0.5, 0.6) is 11.6 Å². The van der Waals surface area contributed by atoms with Gasteiger partial charge in [0.05, 0.1) is 31.4 Å². The number of nitrogens with zero attached hydrogens (tertiary/aromatic N) is 3. The number of piperazine rings is 1. The molecule has 0 unspecified atom stereocenters. The Morgan fingerprint density at radius 1 is 0.949 bits per heavy atom. The molecule has 2 aromatic rings. The lowest BCUT2D eigenvalue weighted by molar-refractivity contribution is -0.134. The fourth-order valence-corrected chi connectivity index (χ4v) is 3.49. The number of allylic oxidation sites excluding steroid dienone is 2. The van der Waals surface area contributed by atoms with Crippen molar-refractivity contribution in [2.45, 2.75) is 54.4 Å². The molecule has 0 aromatic carbocycles. The van der Waals surface area contributed by atoms with Crippen molar-refractivity contribution in [2.75, 3.05) is 40.4 Å². The van der Waals surface area contributed by atoms with Crippen LogP contribution in [0.2, 0.25) is 0 Å². The molecule has 0 radical (unpaired) electrons. The van der Waals surface area contributed by atoms with E-state index in [-0.39, 0.29) is 24.6 Å². The lowest BCUT2D eigenvalue weighted by Gasteiger charge is -2.34. The van der Waals surface area contributed by atoms with Gasteiger partial charge in [-0.15, -0.1) is 0 Å². The number of aromatic amines is 1. The van der Waals surface area contributed by atoms with E-state index >= 15 is 0 Å². The fraction of sp³-hybridized carbons (Fsp3) is 0.467. The molecular weight excluding hydrogens is 496 g/mol. The first-order chi connectivity index (χ1) is 18.8. The van der Waals surface area contributed by atoms with E-state index in [1.807, 2.05) is 13.8 Å². The monoisotopic (exact) mass is 542 g/mol. The van der Waals surface area contributed by atoms with Crippen molar-refractivity contribution in [1.82, 2.24) is 19.8 Å². The second kappa shape index (κ2) is 19.2. The SMILES string of the molecule is C=C/C=C(\C=C)C(=O)N1CCN(C(=O)C(=O)c2c[nH]c3c(OC)ncc(OC)c23)CC1.CC.CCC.CCC. The number of Topliss-reactive ketones (excluding diaryl/α,β-unsaturated/α-hetero) is 1. The van der Waals surface area contributed by atoms with E-state index in [1.165, 1.54) is 56.5 Å².